The van der Waals surface area contributed by atoms with Crippen molar-refractivity contribution in [2.24, 2.45) is 0 Å². The molecule has 0 atom stereocenters. The maximum absolute atomic E-state index is 12.2. The lowest BCUT2D eigenvalue weighted by atomic mass is 10.1. The minimum Gasteiger partial charge on any atom is -0.486 e. The van der Waals surface area contributed by atoms with E-state index in [2.05, 4.69) is 10.9 Å². The van der Waals surface area contributed by atoms with Gasteiger partial charge in [-0.05, 0) is 24.3 Å². The molecule has 6 nitrogen and oxygen atoms in total. The van der Waals surface area contributed by atoms with Crippen LogP contribution in [0.4, 0.5) is 0 Å². The van der Waals surface area contributed by atoms with E-state index in [-0.39, 0.29) is 0 Å². The van der Waals surface area contributed by atoms with Crippen molar-refractivity contribution in [1.29, 1.82) is 0 Å². The highest BCUT2D eigenvalue weighted by molar-refractivity contribution is 6.01. The van der Waals surface area contributed by atoms with E-state index in [0.717, 1.165) is 0 Å². The van der Waals surface area contributed by atoms with Crippen molar-refractivity contribution in [1.82, 2.24) is 10.9 Å². The number of rotatable bonds is 2. The van der Waals surface area contributed by atoms with Gasteiger partial charge < -0.3 is 9.47 Å². The zero-order chi connectivity index (χ0) is 15.4. The highest BCUT2D eigenvalue weighted by Crippen LogP contribution is 2.33. The van der Waals surface area contributed by atoms with E-state index in [1.54, 1.807) is 42.5 Å². The summed E-state index contributed by atoms with van der Waals surface area (Å²) in [5.41, 5.74) is 5.51. The van der Waals surface area contributed by atoms with E-state index in [4.69, 9.17) is 9.47 Å². The molecule has 0 bridgehead atoms. The Morgan fingerprint density at radius 1 is 0.818 bits per heavy atom. The third kappa shape index (κ3) is 2.85. The molecule has 3 rings (SSSR count). The zero-order valence-corrected chi connectivity index (χ0v) is 11.7. The molecule has 22 heavy (non-hydrogen) atoms. The first kappa shape index (κ1) is 13.9. The summed E-state index contributed by atoms with van der Waals surface area (Å²) < 4.78 is 10.9. The molecule has 0 aromatic heterocycles. The minimum absolute atomic E-state index is 0.311. The molecule has 112 valence electrons. The molecule has 1 aliphatic rings. The second-order valence-corrected chi connectivity index (χ2v) is 4.60. The third-order valence-corrected chi connectivity index (χ3v) is 3.14. The van der Waals surface area contributed by atoms with E-state index in [9.17, 15) is 9.59 Å². The van der Waals surface area contributed by atoms with Crippen molar-refractivity contribution in [2.45, 2.75) is 0 Å². The predicted octanol–water partition coefficient (Wildman–Crippen LogP) is 1.53. The van der Waals surface area contributed by atoms with E-state index >= 15 is 0 Å². The van der Waals surface area contributed by atoms with Crippen LogP contribution in [0.2, 0.25) is 0 Å². The molecule has 0 radical (unpaired) electrons. The molecule has 2 aromatic carbocycles. The fraction of sp³-hybridized carbons (Fsp3) is 0.125. The van der Waals surface area contributed by atoms with Crippen LogP contribution in [-0.4, -0.2) is 25.0 Å². The van der Waals surface area contributed by atoms with Gasteiger partial charge >= 0.3 is 0 Å². The van der Waals surface area contributed by atoms with Crippen molar-refractivity contribution in [2.75, 3.05) is 13.2 Å². The van der Waals surface area contributed by atoms with Gasteiger partial charge in [0, 0.05) is 5.56 Å². The van der Waals surface area contributed by atoms with Crippen LogP contribution < -0.4 is 20.3 Å². The van der Waals surface area contributed by atoms with Gasteiger partial charge in [-0.25, -0.2) is 0 Å². The van der Waals surface area contributed by atoms with E-state index in [1.165, 1.54) is 0 Å². The number of amides is 2. The maximum Gasteiger partial charge on any atom is 0.273 e. The van der Waals surface area contributed by atoms with Gasteiger partial charge in [0.2, 0.25) is 0 Å². The van der Waals surface area contributed by atoms with Crippen molar-refractivity contribution in [3.8, 4) is 11.5 Å². The molecular weight excluding hydrogens is 284 g/mol. The Labute approximate surface area is 127 Å². The normalized spacial score (nSPS) is 12.4. The van der Waals surface area contributed by atoms with Gasteiger partial charge in [0.05, 0.1) is 5.56 Å². The summed E-state index contributed by atoms with van der Waals surface area (Å²) in [5, 5.41) is 0. The van der Waals surface area contributed by atoms with Gasteiger partial charge in [0.1, 0.15) is 13.2 Å². The lowest BCUT2D eigenvalue weighted by Gasteiger charge is -2.20. The first-order chi connectivity index (χ1) is 10.8. The molecule has 0 unspecified atom stereocenters. The van der Waals surface area contributed by atoms with E-state index in [0.29, 0.717) is 35.8 Å². The quantitative estimate of drug-likeness (QED) is 0.824. The largest absolute Gasteiger partial charge is 0.486 e. The monoisotopic (exact) mass is 298 g/mol. The number of fused-ring (bicyclic) bond motifs is 1. The van der Waals surface area contributed by atoms with Gasteiger partial charge in [-0.15, -0.1) is 0 Å². The highest BCUT2D eigenvalue weighted by Gasteiger charge is 2.20. The van der Waals surface area contributed by atoms with Crippen LogP contribution in [0.25, 0.3) is 0 Å². The molecule has 0 fully saturated rings. The predicted molar refractivity (Wildman–Crippen MR) is 78.8 cm³/mol. The number of hydrogen-bond acceptors (Lipinski definition) is 4. The standard InChI is InChI=1S/C16H14N2O4/c19-15(11-5-2-1-3-6-11)17-18-16(20)12-7-4-8-13-14(12)22-10-9-21-13/h1-8H,9-10H2,(H,17,19)(H,18,20). The molecule has 0 saturated carbocycles. The van der Waals surface area contributed by atoms with Crippen LogP contribution in [0.5, 0.6) is 11.5 Å². The van der Waals surface area contributed by atoms with Crippen molar-refractivity contribution >= 4 is 11.8 Å². The summed E-state index contributed by atoms with van der Waals surface area (Å²) in [6, 6.07) is 13.6. The van der Waals surface area contributed by atoms with Crippen LogP contribution >= 0.6 is 0 Å². The topological polar surface area (TPSA) is 76.7 Å². The number of ether oxygens (including phenoxy) is 2. The summed E-state index contributed by atoms with van der Waals surface area (Å²) >= 11 is 0. The fourth-order valence-electron chi connectivity index (χ4n) is 2.10. The fourth-order valence-corrected chi connectivity index (χ4v) is 2.10. The van der Waals surface area contributed by atoms with Crippen LogP contribution in [0.15, 0.2) is 48.5 Å². The van der Waals surface area contributed by atoms with E-state index < -0.39 is 11.8 Å². The third-order valence-electron chi connectivity index (χ3n) is 3.14. The summed E-state index contributed by atoms with van der Waals surface area (Å²) in [7, 11) is 0. The summed E-state index contributed by atoms with van der Waals surface area (Å²) in [6.45, 7) is 0.830. The zero-order valence-electron chi connectivity index (χ0n) is 11.7. The first-order valence-corrected chi connectivity index (χ1v) is 6.80. The number of nitrogens with one attached hydrogen (secondary N) is 2. The lowest BCUT2D eigenvalue weighted by molar-refractivity contribution is 0.0841. The molecule has 2 aromatic rings. The molecular formula is C16H14N2O4. The smallest absolute Gasteiger partial charge is 0.273 e. The number of carbonyl (C=O) groups is 2. The minimum atomic E-state index is -0.466. The number of benzene rings is 2. The maximum atomic E-state index is 12.2. The molecule has 1 heterocycles. The first-order valence-electron chi connectivity index (χ1n) is 6.80. The summed E-state index contributed by atoms with van der Waals surface area (Å²) in [6.07, 6.45) is 0. The van der Waals surface area contributed by atoms with Gasteiger partial charge in [-0.3, -0.25) is 20.4 Å². The van der Waals surface area contributed by atoms with Gasteiger partial charge in [-0.1, -0.05) is 24.3 Å². The van der Waals surface area contributed by atoms with Crippen LogP contribution in [0.3, 0.4) is 0 Å². The molecule has 0 saturated heterocycles. The van der Waals surface area contributed by atoms with Crippen molar-refractivity contribution in [3.05, 3.63) is 59.7 Å². The Bertz CT molecular complexity index is 701. The van der Waals surface area contributed by atoms with Crippen LogP contribution in [-0.2, 0) is 0 Å². The second-order valence-electron chi connectivity index (χ2n) is 4.60. The van der Waals surface area contributed by atoms with Crippen LogP contribution in [0.1, 0.15) is 20.7 Å². The number of hydrogen-bond donors (Lipinski definition) is 2. The van der Waals surface area contributed by atoms with Gasteiger partial charge in [0.15, 0.2) is 11.5 Å². The Hall–Kier alpha value is -3.02. The summed E-state index contributed by atoms with van der Waals surface area (Å²) in [5.74, 6) is 0.0519. The average Bonchev–Trinajstić information content (AvgIpc) is 2.59. The molecule has 2 N–H and O–H groups in total. The van der Waals surface area contributed by atoms with E-state index in [1.807, 2.05) is 6.07 Å². The molecule has 1 aliphatic heterocycles. The SMILES string of the molecule is O=C(NNC(=O)c1cccc2c1OCCO2)c1ccccc1. The van der Waals surface area contributed by atoms with Gasteiger partial charge in [0.25, 0.3) is 11.8 Å². The van der Waals surface area contributed by atoms with Crippen molar-refractivity contribution < 1.29 is 19.1 Å². The van der Waals surface area contributed by atoms with Crippen LogP contribution in [0, 0.1) is 0 Å². The lowest BCUT2D eigenvalue weighted by Crippen LogP contribution is -2.41. The number of hydrazine groups is 1. The molecule has 0 aliphatic carbocycles. The Morgan fingerprint density at radius 2 is 1.55 bits per heavy atom. The Kier molecular flexibility index (Phi) is 3.91. The molecule has 0 spiro atoms. The average molecular weight is 298 g/mol. The number of para-hydroxylation sites is 1. The van der Waals surface area contributed by atoms with Crippen molar-refractivity contribution in [3.63, 3.8) is 0 Å². The summed E-state index contributed by atoms with van der Waals surface area (Å²) in [4.78, 5) is 24.1. The molecule has 2 amide bonds. The van der Waals surface area contributed by atoms with Gasteiger partial charge in [-0.2, -0.15) is 0 Å². The Balaban J connectivity index is 1.69. The second kappa shape index (κ2) is 6.17. The number of carbonyl (C=O) groups excluding carboxylic acids is 2. The highest BCUT2D eigenvalue weighted by atomic mass is 16.6. The Morgan fingerprint density at radius 3 is 2.36 bits per heavy atom. The molecule has 6 heteroatoms.